The maximum absolute atomic E-state index is 3.88. The smallest absolute Gasteiger partial charge is 0.0189 e. The molecule has 0 aliphatic heterocycles. The number of rotatable bonds is 5. The second-order valence-corrected chi connectivity index (χ2v) is 6.31. The van der Waals surface area contributed by atoms with E-state index < -0.39 is 0 Å². The quantitative estimate of drug-likeness (QED) is 0.706. The van der Waals surface area contributed by atoms with Gasteiger partial charge in [0.2, 0.25) is 0 Å². The second-order valence-electron chi connectivity index (χ2n) is 5.14. The first-order valence-corrected chi connectivity index (χ1v) is 8.41. The molecule has 4 unspecified atom stereocenters. The molecule has 1 saturated carbocycles. The summed E-state index contributed by atoms with van der Waals surface area (Å²) in [5.41, 5.74) is 0. The van der Waals surface area contributed by atoms with Crippen LogP contribution in [0.25, 0.3) is 0 Å². The fraction of sp³-hybridized carbons (Fsp3) is 1.00. The van der Waals surface area contributed by atoms with E-state index in [1.54, 1.807) is 0 Å². The largest absolute Gasteiger partial charge is 0.317 e. The lowest BCUT2D eigenvalue weighted by molar-refractivity contribution is 0.230. The molecule has 1 aliphatic rings. The summed E-state index contributed by atoms with van der Waals surface area (Å²) < 4.78 is 0. The average Bonchev–Trinajstić information content (AvgIpc) is 2.36. The van der Waals surface area contributed by atoms with Gasteiger partial charge in [-0.2, -0.15) is 0 Å². The third-order valence-corrected chi connectivity index (χ3v) is 4.97. The molecular formula is C15H32BrN. The summed E-state index contributed by atoms with van der Waals surface area (Å²) in [7, 11) is 2.12. The first-order valence-electron chi connectivity index (χ1n) is 7.50. The van der Waals surface area contributed by atoms with Gasteiger partial charge in [-0.25, -0.2) is 0 Å². The second kappa shape index (κ2) is 10.4. The summed E-state index contributed by atoms with van der Waals surface area (Å²) >= 11 is 3.88. The Morgan fingerprint density at radius 2 is 1.94 bits per heavy atom. The first-order chi connectivity index (χ1) is 8.19. The van der Waals surface area contributed by atoms with Crippen LogP contribution in [0.3, 0.4) is 0 Å². The first kappa shape index (κ1) is 17.4. The third-order valence-electron chi connectivity index (χ3n) is 3.83. The van der Waals surface area contributed by atoms with Crippen molar-refractivity contribution in [3.05, 3.63) is 0 Å². The minimum absolute atomic E-state index is 0.720. The van der Waals surface area contributed by atoms with E-state index in [2.05, 4.69) is 42.1 Å². The molecule has 4 atom stereocenters. The van der Waals surface area contributed by atoms with Crippen LogP contribution in [0.4, 0.5) is 0 Å². The molecule has 0 heterocycles. The van der Waals surface area contributed by atoms with E-state index in [0.717, 1.165) is 22.7 Å². The van der Waals surface area contributed by atoms with Crippen LogP contribution in [0, 0.1) is 11.8 Å². The molecule has 17 heavy (non-hydrogen) atoms. The fourth-order valence-electron chi connectivity index (χ4n) is 2.80. The number of unbranched alkanes of at least 4 members (excludes halogenated alkanes) is 1. The van der Waals surface area contributed by atoms with Crippen molar-refractivity contribution in [1.82, 2.24) is 5.32 Å². The summed E-state index contributed by atoms with van der Waals surface area (Å²) in [4.78, 5) is 0.739. The summed E-state index contributed by atoms with van der Waals surface area (Å²) in [6.45, 7) is 8.68. The maximum atomic E-state index is 3.88. The molecule has 0 saturated heterocycles. The number of hydrogen-bond donors (Lipinski definition) is 1. The van der Waals surface area contributed by atoms with Crippen LogP contribution < -0.4 is 5.32 Å². The molecule has 2 heteroatoms. The molecule has 1 fully saturated rings. The zero-order valence-electron chi connectivity index (χ0n) is 12.4. The van der Waals surface area contributed by atoms with Crippen molar-refractivity contribution in [3.63, 3.8) is 0 Å². The molecule has 1 N–H and O–H groups in total. The van der Waals surface area contributed by atoms with Gasteiger partial charge in [-0.05, 0) is 44.6 Å². The molecule has 0 spiro atoms. The Morgan fingerprint density at radius 3 is 2.47 bits per heavy atom. The molecule has 1 aliphatic carbocycles. The van der Waals surface area contributed by atoms with Gasteiger partial charge in [0, 0.05) is 10.9 Å². The molecule has 0 aromatic carbocycles. The van der Waals surface area contributed by atoms with E-state index in [4.69, 9.17) is 0 Å². The van der Waals surface area contributed by atoms with Crippen LogP contribution in [0.5, 0.6) is 0 Å². The van der Waals surface area contributed by atoms with Crippen LogP contribution in [0.1, 0.15) is 66.2 Å². The summed E-state index contributed by atoms with van der Waals surface area (Å²) in [6.07, 6.45) is 8.16. The summed E-state index contributed by atoms with van der Waals surface area (Å²) in [6, 6.07) is 0.720. The van der Waals surface area contributed by atoms with Gasteiger partial charge in [0.1, 0.15) is 0 Å². The highest BCUT2D eigenvalue weighted by Crippen LogP contribution is 2.36. The van der Waals surface area contributed by atoms with Gasteiger partial charge in [0.15, 0.2) is 0 Å². The number of alkyl halides is 1. The van der Waals surface area contributed by atoms with E-state index in [0.29, 0.717) is 0 Å². The highest BCUT2D eigenvalue weighted by molar-refractivity contribution is 9.09. The van der Waals surface area contributed by atoms with Crippen molar-refractivity contribution in [2.75, 3.05) is 7.05 Å². The van der Waals surface area contributed by atoms with Crippen molar-refractivity contribution < 1.29 is 0 Å². The molecule has 1 nitrogen and oxygen atoms in total. The molecule has 1 rings (SSSR count). The minimum Gasteiger partial charge on any atom is -0.317 e. The maximum Gasteiger partial charge on any atom is 0.0189 e. The van der Waals surface area contributed by atoms with Gasteiger partial charge in [-0.3, -0.25) is 0 Å². The summed E-state index contributed by atoms with van der Waals surface area (Å²) in [5, 5.41) is 3.53. The van der Waals surface area contributed by atoms with Gasteiger partial charge in [-0.1, -0.05) is 56.5 Å². The zero-order valence-corrected chi connectivity index (χ0v) is 14.0. The Hall–Kier alpha value is 0.440. The van der Waals surface area contributed by atoms with Crippen LogP contribution in [-0.4, -0.2) is 17.9 Å². The Morgan fingerprint density at radius 1 is 1.29 bits per heavy atom. The molecule has 0 aromatic heterocycles. The lowest BCUT2D eigenvalue weighted by Crippen LogP contribution is -2.41. The van der Waals surface area contributed by atoms with Gasteiger partial charge in [0.25, 0.3) is 0 Å². The molecule has 0 radical (unpaired) electrons. The Kier molecular flexibility index (Phi) is 10.6. The SMILES string of the molecule is CC.CCCCC(NC)C1CC(C)CCC1Br. The average molecular weight is 306 g/mol. The molecule has 0 bridgehead atoms. The van der Waals surface area contributed by atoms with Crippen molar-refractivity contribution in [2.45, 2.75) is 77.1 Å². The zero-order chi connectivity index (χ0) is 13.3. The normalized spacial score (nSPS) is 30.4. The molecule has 0 amide bonds. The molecular weight excluding hydrogens is 274 g/mol. The topological polar surface area (TPSA) is 12.0 Å². The lowest BCUT2D eigenvalue weighted by Gasteiger charge is -2.37. The van der Waals surface area contributed by atoms with Gasteiger partial charge in [0.05, 0.1) is 0 Å². The predicted octanol–water partition coefficient (Wildman–Crippen LogP) is 4.99. The van der Waals surface area contributed by atoms with Gasteiger partial charge >= 0.3 is 0 Å². The standard InChI is InChI=1S/C13H26BrN.C2H6/c1-4-5-6-13(15-3)11-9-10(2)7-8-12(11)14;1-2/h10-13,15H,4-9H2,1-3H3;1-2H3. The van der Waals surface area contributed by atoms with Crippen LogP contribution in [0.2, 0.25) is 0 Å². The Labute approximate surface area is 117 Å². The van der Waals surface area contributed by atoms with Gasteiger partial charge < -0.3 is 5.32 Å². The number of hydrogen-bond acceptors (Lipinski definition) is 1. The predicted molar refractivity (Wildman–Crippen MR) is 82.9 cm³/mol. The highest BCUT2D eigenvalue weighted by atomic mass is 79.9. The van der Waals surface area contributed by atoms with E-state index in [-0.39, 0.29) is 0 Å². The van der Waals surface area contributed by atoms with E-state index in [9.17, 15) is 0 Å². The molecule has 0 aromatic rings. The number of nitrogens with one attached hydrogen (secondary N) is 1. The lowest BCUT2D eigenvalue weighted by atomic mass is 9.77. The fourth-order valence-corrected chi connectivity index (χ4v) is 3.65. The summed E-state index contributed by atoms with van der Waals surface area (Å²) in [5.74, 6) is 1.76. The van der Waals surface area contributed by atoms with Gasteiger partial charge in [-0.15, -0.1) is 0 Å². The van der Waals surface area contributed by atoms with E-state index >= 15 is 0 Å². The Balaban J connectivity index is 0.00000121. The molecule has 104 valence electrons. The van der Waals surface area contributed by atoms with Crippen LogP contribution in [0.15, 0.2) is 0 Å². The third kappa shape index (κ3) is 6.24. The van der Waals surface area contributed by atoms with Crippen LogP contribution in [-0.2, 0) is 0 Å². The number of halogens is 1. The van der Waals surface area contributed by atoms with E-state index in [1.165, 1.54) is 38.5 Å². The van der Waals surface area contributed by atoms with E-state index in [1.807, 2.05) is 13.8 Å². The van der Waals surface area contributed by atoms with Crippen molar-refractivity contribution >= 4 is 15.9 Å². The monoisotopic (exact) mass is 305 g/mol. The van der Waals surface area contributed by atoms with Crippen LogP contribution >= 0.6 is 15.9 Å². The van der Waals surface area contributed by atoms with Crippen molar-refractivity contribution in [3.8, 4) is 0 Å². The Bertz CT molecular complexity index is 172. The highest BCUT2D eigenvalue weighted by Gasteiger charge is 2.31. The van der Waals surface area contributed by atoms with Crippen molar-refractivity contribution in [1.29, 1.82) is 0 Å². The van der Waals surface area contributed by atoms with Crippen molar-refractivity contribution in [2.24, 2.45) is 11.8 Å². The minimum atomic E-state index is 0.720.